The molecule has 0 aliphatic carbocycles. The molecule has 0 rings (SSSR count). The lowest BCUT2D eigenvalue weighted by Crippen LogP contribution is -2.23. The van der Waals surface area contributed by atoms with Crippen molar-refractivity contribution in [3.05, 3.63) is 0 Å². The Morgan fingerprint density at radius 3 is 1.94 bits per heavy atom. The normalized spacial score (nSPS) is 12.9. The predicted octanol–water partition coefficient (Wildman–Crippen LogP) is 5.31. The first kappa shape index (κ1) is 17.0. The molecular weight excluding hydrogens is 206 g/mol. The Morgan fingerprint density at radius 1 is 0.647 bits per heavy atom. The first-order valence-electron chi connectivity index (χ1n) is 8.01. The van der Waals surface area contributed by atoms with Gasteiger partial charge in [0.1, 0.15) is 0 Å². The van der Waals surface area contributed by atoms with E-state index in [9.17, 15) is 0 Å². The summed E-state index contributed by atoms with van der Waals surface area (Å²) in [5.74, 6) is 0. The van der Waals surface area contributed by atoms with Crippen LogP contribution in [0.4, 0.5) is 0 Å². The second-order valence-corrected chi connectivity index (χ2v) is 5.26. The lowest BCUT2D eigenvalue weighted by molar-refractivity contribution is 0.415. The molecule has 0 N–H and O–H groups in total. The fourth-order valence-corrected chi connectivity index (χ4v) is 2.28. The minimum Gasteiger partial charge on any atom is -0.238 e. The molecule has 0 heterocycles. The summed E-state index contributed by atoms with van der Waals surface area (Å²) in [7, 11) is 0. The molecule has 1 nitrogen and oxygen atoms in total. The van der Waals surface area contributed by atoms with Crippen molar-refractivity contribution in [3.63, 3.8) is 0 Å². The van der Waals surface area contributed by atoms with Crippen molar-refractivity contribution >= 4 is 0 Å². The maximum atomic E-state index is 4.88. The van der Waals surface area contributed by atoms with E-state index < -0.39 is 0 Å². The summed E-state index contributed by atoms with van der Waals surface area (Å²) in [6, 6.07) is 0.665. The molecule has 0 aromatic carbocycles. The van der Waals surface area contributed by atoms with Crippen LogP contribution in [0.2, 0.25) is 0 Å². The Labute approximate surface area is 110 Å². The maximum Gasteiger partial charge on any atom is 0.0245 e. The third kappa shape index (κ3) is 12.2. The van der Waals surface area contributed by atoms with Crippen molar-refractivity contribution < 1.29 is 0 Å². The molecule has 0 saturated carbocycles. The second-order valence-electron chi connectivity index (χ2n) is 5.26. The smallest absolute Gasteiger partial charge is 0.0245 e. The Hall–Kier alpha value is -0.0400. The van der Waals surface area contributed by atoms with Crippen LogP contribution >= 0.6 is 0 Å². The van der Waals surface area contributed by atoms with Gasteiger partial charge in [0.25, 0.3) is 0 Å². The van der Waals surface area contributed by atoms with Crippen molar-refractivity contribution in [1.29, 1.82) is 0 Å². The maximum absolute atomic E-state index is 4.88. The van der Waals surface area contributed by atoms with Gasteiger partial charge in [-0.05, 0) is 19.3 Å². The molecule has 0 spiro atoms. The van der Waals surface area contributed by atoms with Gasteiger partial charge in [0, 0.05) is 12.6 Å². The highest BCUT2D eigenvalue weighted by Crippen LogP contribution is 2.10. The molecule has 0 bridgehead atoms. The first-order valence-corrected chi connectivity index (χ1v) is 8.01. The molecular formula is C16H34N. The summed E-state index contributed by atoms with van der Waals surface area (Å²) in [6.07, 6.45) is 14.8. The van der Waals surface area contributed by atoms with E-state index in [4.69, 9.17) is 5.32 Å². The van der Waals surface area contributed by atoms with Gasteiger partial charge in [-0.15, -0.1) is 0 Å². The summed E-state index contributed by atoms with van der Waals surface area (Å²) < 4.78 is 0. The van der Waals surface area contributed by atoms with Crippen molar-refractivity contribution in [3.8, 4) is 0 Å². The quantitative estimate of drug-likeness (QED) is 0.387. The fraction of sp³-hybridized carbons (Fsp3) is 1.00. The van der Waals surface area contributed by atoms with Crippen LogP contribution in [0.1, 0.15) is 91.4 Å². The van der Waals surface area contributed by atoms with Crippen molar-refractivity contribution in [1.82, 2.24) is 5.32 Å². The van der Waals surface area contributed by atoms with Crippen LogP contribution in [-0.4, -0.2) is 12.6 Å². The molecule has 0 aromatic heterocycles. The molecule has 17 heavy (non-hydrogen) atoms. The van der Waals surface area contributed by atoms with Crippen LogP contribution in [0.15, 0.2) is 0 Å². The van der Waals surface area contributed by atoms with Crippen LogP contribution in [0.5, 0.6) is 0 Å². The highest BCUT2D eigenvalue weighted by Gasteiger charge is 2.07. The van der Waals surface area contributed by atoms with Gasteiger partial charge in [-0.2, -0.15) is 0 Å². The van der Waals surface area contributed by atoms with Gasteiger partial charge >= 0.3 is 0 Å². The number of hydrogen-bond acceptors (Lipinski definition) is 0. The number of hydrogen-bond donors (Lipinski definition) is 0. The topological polar surface area (TPSA) is 14.1 Å². The number of unbranched alkanes of at least 4 members (excludes halogenated alkanes) is 6. The number of rotatable bonds is 13. The van der Waals surface area contributed by atoms with Gasteiger partial charge in [-0.1, -0.05) is 72.1 Å². The summed E-state index contributed by atoms with van der Waals surface area (Å²) >= 11 is 0. The minimum absolute atomic E-state index is 0.665. The van der Waals surface area contributed by atoms with E-state index in [0.29, 0.717) is 6.04 Å². The second kappa shape index (κ2) is 14.0. The predicted molar refractivity (Wildman–Crippen MR) is 78.6 cm³/mol. The van der Waals surface area contributed by atoms with Gasteiger partial charge in [0.2, 0.25) is 0 Å². The van der Waals surface area contributed by atoms with E-state index in [0.717, 1.165) is 6.54 Å². The zero-order valence-electron chi connectivity index (χ0n) is 12.5. The van der Waals surface area contributed by atoms with Crippen LogP contribution in [0.3, 0.4) is 0 Å². The molecule has 0 fully saturated rings. The van der Waals surface area contributed by atoms with E-state index in [1.807, 2.05) is 0 Å². The third-order valence-corrected chi connectivity index (χ3v) is 3.41. The van der Waals surface area contributed by atoms with Crippen LogP contribution < -0.4 is 5.32 Å². The first-order chi connectivity index (χ1) is 8.35. The van der Waals surface area contributed by atoms with Crippen LogP contribution in [0.25, 0.3) is 0 Å². The Kier molecular flexibility index (Phi) is 14.0. The summed E-state index contributed by atoms with van der Waals surface area (Å²) in [4.78, 5) is 0. The van der Waals surface area contributed by atoms with Gasteiger partial charge in [0.05, 0.1) is 0 Å². The summed E-state index contributed by atoms with van der Waals surface area (Å²) in [6.45, 7) is 7.94. The fourth-order valence-electron chi connectivity index (χ4n) is 2.28. The van der Waals surface area contributed by atoms with Crippen LogP contribution in [-0.2, 0) is 0 Å². The lowest BCUT2D eigenvalue weighted by atomic mass is 10.0. The van der Waals surface area contributed by atoms with E-state index in [1.165, 1.54) is 70.6 Å². The minimum atomic E-state index is 0.665. The van der Waals surface area contributed by atoms with Crippen molar-refractivity contribution in [2.75, 3.05) is 6.54 Å². The van der Waals surface area contributed by atoms with Crippen molar-refractivity contribution in [2.45, 2.75) is 97.4 Å². The third-order valence-electron chi connectivity index (χ3n) is 3.41. The van der Waals surface area contributed by atoms with Gasteiger partial charge in [-0.3, -0.25) is 0 Å². The van der Waals surface area contributed by atoms with E-state index in [1.54, 1.807) is 0 Å². The molecule has 0 aliphatic rings. The SMILES string of the molecule is CCCCCCC[N]C(CCC)CCCCC. The average Bonchev–Trinajstić information content (AvgIpc) is 2.34. The molecule has 1 unspecified atom stereocenters. The molecule has 1 radical (unpaired) electrons. The Morgan fingerprint density at radius 2 is 1.29 bits per heavy atom. The zero-order chi connectivity index (χ0) is 12.8. The summed E-state index contributed by atoms with van der Waals surface area (Å²) in [5.41, 5.74) is 0. The van der Waals surface area contributed by atoms with E-state index >= 15 is 0 Å². The van der Waals surface area contributed by atoms with Crippen molar-refractivity contribution in [2.24, 2.45) is 0 Å². The monoisotopic (exact) mass is 240 g/mol. The highest BCUT2D eigenvalue weighted by molar-refractivity contribution is 4.65. The van der Waals surface area contributed by atoms with Gasteiger partial charge < -0.3 is 0 Å². The Balaban J connectivity index is 3.41. The van der Waals surface area contributed by atoms with Gasteiger partial charge in [0.15, 0.2) is 0 Å². The zero-order valence-corrected chi connectivity index (χ0v) is 12.5. The van der Waals surface area contributed by atoms with E-state index in [2.05, 4.69) is 20.8 Å². The molecule has 0 amide bonds. The Bertz CT molecular complexity index is 133. The molecule has 103 valence electrons. The molecule has 0 aromatic rings. The van der Waals surface area contributed by atoms with Gasteiger partial charge in [-0.25, -0.2) is 5.32 Å². The van der Waals surface area contributed by atoms with Crippen LogP contribution in [0, 0.1) is 0 Å². The standard InChI is InChI=1S/C16H34N/c1-4-7-9-10-12-15-17-16(13-6-3)14-11-8-5-2/h16H,4-15H2,1-3H3. The largest absolute Gasteiger partial charge is 0.238 e. The van der Waals surface area contributed by atoms with E-state index in [-0.39, 0.29) is 0 Å². The molecule has 1 atom stereocenters. The summed E-state index contributed by atoms with van der Waals surface area (Å²) in [5, 5.41) is 4.88. The molecule has 1 heteroatoms. The molecule has 0 saturated heterocycles. The number of nitrogens with zero attached hydrogens (tertiary/aromatic N) is 1. The lowest BCUT2D eigenvalue weighted by Gasteiger charge is -2.15. The average molecular weight is 240 g/mol. The molecule has 0 aliphatic heterocycles. The highest BCUT2D eigenvalue weighted by atomic mass is 14.9.